The first-order chi connectivity index (χ1) is 12.1. The lowest BCUT2D eigenvalue weighted by Gasteiger charge is -2.43. The Balaban J connectivity index is 1.79. The highest BCUT2D eigenvalue weighted by Gasteiger charge is 2.32. The summed E-state index contributed by atoms with van der Waals surface area (Å²) < 4.78 is 0. The largest absolute Gasteiger partial charge is 0.364 e. The Hall–Kier alpha value is -1.84. The van der Waals surface area contributed by atoms with Crippen molar-refractivity contribution in [2.24, 2.45) is 4.99 Å². The molecule has 1 fully saturated rings. The fourth-order valence-electron chi connectivity index (χ4n) is 3.89. The van der Waals surface area contributed by atoms with Gasteiger partial charge in [0.25, 0.3) is 0 Å². The van der Waals surface area contributed by atoms with Crippen molar-refractivity contribution < 1.29 is 0 Å². The molecule has 0 spiro atoms. The van der Waals surface area contributed by atoms with E-state index in [2.05, 4.69) is 60.0 Å². The van der Waals surface area contributed by atoms with Gasteiger partial charge in [0.2, 0.25) is 0 Å². The van der Waals surface area contributed by atoms with Crippen molar-refractivity contribution in [2.45, 2.75) is 25.9 Å². The maximum Gasteiger partial charge on any atom is 0.0741 e. The lowest BCUT2D eigenvalue weighted by atomic mass is 9.99. The molecule has 1 unspecified atom stereocenters. The lowest BCUT2D eigenvalue weighted by molar-refractivity contribution is 0.183. The highest BCUT2D eigenvalue weighted by atomic mass is 35.5. The lowest BCUT2D eigenvalue weighted by Crippen LogP contribution is -2.56. The van der Waals surface area contributed by atoms with E-state index in [9.17, 15) is 0 Å². The van der Waals surface area contributed by atoms with Gasteiger partial charge in [0.1, 0.15) is 0 Å². The SMILES string of the molecule is CC(C)N1CCN2c3ccc(Cl)cc3C(c3ccccc3)=NCC2C1. The van der Waals surface area contributed by atoms with Crippen molar-refractivity contribution in [1.82, 2.24) is 4.90 Å². The molecular weight excluding hydrogens is 330 g/mol. The van der Waals surface area contributed by atoms with Crippen molar-refractivity contribution in [3.63, 3.8) is 0 Å². The van der Waals surface area contributed by atoms with E-state index in [-0.39, 0.29) is 0 Å². The third kappa shape index (κ3) is 3.19. The minimum absolute atomic E-state index is 0.414. The van der Waals surface area contributed by atoms with Crippen LogP contribution in [0.4, 0.5) is 5.69 Å². The molecule has 0 aliphatic carbocycles. The zero-order chi connectivity index (χ0) is 17.4. The first-order valence-electron chi connectivity index (χ1n) is 9.04. The number of benzene rings is 2. The van der Waals surface area contributed by atoms with Crippen LogP contribution in [0, 0.1) is 0 Å². The average molecular weight is 354 g/mol. The summed E-state index contributed by atoms with van der Waals surface area (Å²) in [6.07, 6.45) is 0. The van der Waals surface area contributed by atoms with Gasteiger partial charge in [-0.15, -0.1) is 0 Å². The normalized spacial score (nSPS) is 20.7. The van der Waals surface area contributed by atoms with E-state index in [1.54, 1.807) is 0 Å². The summed E-state index contributed by atoms with van der Waals surface area (Å²) >= 11 is 6.34. The minimum atomic E-state index is 0.414. The Morgan fingerprint density at radius 3 is 2.64 bits per heavy atom. The topological polar surface area (TPSA) is 18.8 Å². The van der Waals surface area contributed by atoms with Gasteiger partial charge in [-0.1, -0.05) is 41.9 Å². The van der Waals surface area contributed by atoms with Crippen LogP contribution in [-0.4, -0.2) is 48.9 Å². The predicted octanol–water partition coefficient (Wildman–Crippen LogP) is 4.09. The maximum atomic E-state index is 6.34. The van der Waals surface area contributed by atoms with E-state index in [4.69, 9.17) is 16.6 Å². The van der Waals surface area contributed by atoms with Crippen LogP contribution >= 0.6 is 11.6 Å². The van der Waals surface area contributed by atoms with Crippen molar-refractivity contribution in [1.29, 1.82) is 0 Å². The van der Waals surface area contributed by atoms with Gasteiger partial charge < -0.3 is 4.90 Å². The molecule has 0 bridgehead atoms. The number of piperazine rings is 1. The number of nitrogens with zero attached hydrogens (tertiary/aromatic N) is 3. The van der Waals surface area contributed by atoms with Gasteiger partial charge in [0.05, 0.1) is 18.3 Å². The molecule has 1 atom stereocenters. The van der Waals surface area contributed by atoms with Crippen LogP contribution in [0.2, 0.25) is 5.02 Å². The number of halogens is 1. The number of anilines is 1. The molecule has 2 aromatic carbocycles. The molecular formula is C21H24ClN3. The second-order valence-electron chi connectivity index (χ2n) is 7.15. The predicted molar refractivity (Wildman–Crippen MR) is 106 cm³/mol. The first kappa shape index (κ1) is 16.6. The number of fused-ring (bicyclic) bond motifs is 3. The maximum absolute atomic E-state index is 6.34. The summed E-state index contributed by atoms with van der Waals surface area (Å²) in [5, 5.41) is 0.765. The molecule has 0 radical (unpaired) electrons. The monoisotopic (exact) mass is 353 g/mol. The molecule has 3 nitrogen and oxygen atoms in total. The van der Waals surface area contributed by atoms with Gasteiger partial charge in [0, 0.05) is 47.5 Å². The molecule has 2 aliphatic rings. The van der Waals surface area contributed by atoms with Crippen molar-refractivity contribution in [3.05, 3.63) is 64.7 Å². The van der Waals surface area contributed by atoms with Crippen molar-refractivity contribution >= 4 is 23.0 Å². The summed E-state index contributed by atoms with van der Waals surface area (Å²) in [4.78, 5) is 10.1. The summed E-state index contributed by atoms with van der Waals surface area (Å²) in [5.41, 5.74) is 4.63. The van der Waals surface area contributed by atoms with E-state index in [0.29, 0.717) is 12.1 Å². The van der Waals surface area contributed by atoms with E-state index in [0.717, 1.165) is 48.0 Å². The van der Waals surface area contributed by atoms with Gasteiger partial charge in [-0.25, -0.2) is 0 Å². The molecule has 1 saturated heterocycles. The summed E-state index contributed by atoms with van der Waals surface area (Å²) in [6, 6.07) is 17.7. The Kier molecular flexibility index (Phi) is 4.53. The Bertz CT molecular complexity index is 785. The van der Waals surface area contributed by atoms with Gasteiger partial charge in [-0.3, -0.25) is 9.89 Å². The third-order valence-corrected chi connectivity index (χ3v) is 5.51. The third-order valence-electron chi connectivity index (χ3n) is 5.27. The molecule has 2 aromatic rings. The molecule has 0 aromatic heterocycles. The number of hydrogen-bond acceptors (Lipinski definition) is 3. The van der Waals surface area contributed by atoms with Crippen molar-refractivity contribution in [2.75, 3.05) is 31.1 Å². The van der Waals surface area contributed by atoms with Crippen LogP contribution < -0.4 is 4.90 Å². The zero-order valence-corrected chi connectivity index (χ0v) is 15.6. The Morgan fingerprint density at radius 2 is 1.88 bits per heavy atom. The molecule has 0 N–H and O–H groups in total. The summed E-state index contributed by atoms with van der Waals surface area (Å²) in [6.45, 7) is 8.56. The van der Waals surface area contributed by atoms with Gasteiger partial charge in [0.15, 0.2) is 0 Å². The van der Waals surface area contributed by atoms with Crippen LogP contribution in [0.25, 0.3) is 0 Å². The Labute approximate surface area is 154 Å². The molecule has 130 valence electrons. The van der Waals surface area contributed by atoms with E-state index < -0.39 is 0 Å². The fourth-order valence-corrected chi connectivity index (χ4v) is 4.07. The molecule has 0 saturated carbocycles. The zero-order valence-electron chi connectivity index (χ0n) is 14.8. The van der Waals surface area contributed by atoms with Crippen molar-refractivity contribution in [3.8, 4) is 0 Å². The number of rotatable bonds is 2. The van der Waals surface area contributed by atoms with Gasteiger partial charge >= 0.3 is 0 Å². The minimum Gasteiger partial charge on any atom is -0.364 e. The molecule has 4 heteroatoms. The number of hydrogen-bond donors (Lipinski definition) is 0. The quantitative estimate of drug-likeness (QED) is 0.809. The second-order valence-corrected chi connectivity index (χ2v) is 7.59. The molecule has 4 rings (SSSR count). The van der Waals surface area contributed by atoms with Gasteiger partial charge in [-0.2, -0.15) is 0 Å². The molecule has 2 aliphatic heterocycles. The van der Waals surface area contributed by atoms with Crippen LogP contribution in [0.15, 0.2) is 53.5 Å². The van der Waals surface area contributed by atoms with E-state index in [1.807, 2.05) is 12.1 Å². The van der Waals surface area contributed by atoms with E-state index >= 15 is 0 Å². The first-order valence-corrected chi connectivity index (χ1v) is 9.42. The van der Waals surface area contributed by atoms with Crippen LogP contribution in [0.3, 0.4) is 0 Å². The highest BCUT2D eigenvalue weighted by molar-refractivity contribution is 6.31. The standard InChI is InChI=1S/C21H24ClN3/c1-15(2)24-10-11-25-18(14-24)13-23-21(16-6-4-3-5-7-16)19-12-17(22)8-9-20(19)25/h3-9,12,15,18H,10-11,13-14H2,1-2H3. The second kappa shape index (κ2) is 6.81. The van der Waals surface area contributed by atoms with Gasteiger partial charge in [-0.05, 0) is 32.0 Å². The number of aliphatic imine (C=N–C) groups is 1. The van der Waals surface area contributed by atoms with Crippen LogP contribution in [0.1, 0.15) is 25.0 Å². The highest BCUT2D eigenvalue weighted by Crippen LogP contribution is 2.32. The molecule has 0 amide bonds. The fraction of sp³-hybridized carbons (Fsp3) is 0.381. The summed E-state index contributed by atoms with van der Waals surface area (Å²) in [5.74, 6) is 0. The van der Waals surface area contributed by atoms with E-state index in [1.165, 1.54) is 5.69 Å². The van der Waals surface area contributed by atoms with Crippen LogP contribution in [-0.2, 0) is 0 Å². The molecule has 2 heterocycles. The average Bonchev–Trinajstić information content (AvgIpc) is 2.78. The van der Waals surface area contributed by atoms with Crippen LogP contribution in [0.5, 0.6) is 0 Å². The summed E-state index contributed by atoms with van der Waals surface area (Å²) in [7, 11) is 0. The smallest absolute Gasteiger partial charge is 0.0741 e. The molecule has 25 heavy (non-hydrogen) atoms. The Morgan fingerprint density at radius 1 is 1.08 bits per heavy atom.